The maximum atomic E-state index is 11.4. The SMILES string of the molecule is COC(=O)CC1(Oc2cc(Br)ccc2Cl)CCC1. The van der Waals surface area contributed by atoms with Gasteiger partial charge >= 0.3 is 5.97 Å². The molecule has 0 aromatic heterocycles. The van der Waals surface area contributed by atoms with E-state index in [4.69, 9.17) is 21.1 Å². The van der Waals surface area contributed by atoms with E-state index in [0.29, 0.717) is 10.8 Å². The van der Waals surface area contributed by atoms with Crippen molar-refractivity contribution in [3.05, 3.63) is 27.7 Å². The van der Waals surface area contributed by atoms with Crippen molar-refractivity contribution in [3.63, 3.8) is 0 Å². The zero-order valence-electron chi connectivity index (χ0n) is 10.0. The molecule has 0 bridgehead atoms. The summed E-state index contributed by atoms with van der Waals surface area (Å²) < 4.78 is 11.6. The maximum absolute atomic E-state index is 11.4. The number of hydrogen-bond acceptors (Lipinski definition) is 3. The Morgan fingerprint density at radius 3 is 2.78 bits per heavy atom. The molecule has 18 heavy (non-hydrogen) atoms. The van der Waals surface area contributed by atoms with Gasteiger partial charge in [0.15, 0.2) is 0 Å². The molecule has 0 amide bonds. The minimum atomic E-state index is -0.447. The van der Waals surface area contributed by atoms with Crippen molar-refractivity contribution in [3.8, 4) is 5.75 Å². The average molecular weight is 334 g/mol. The summed E-state index contributed by atoms with van der Waals surface area (Å²) in [5.41, 5.74) is -0.447. The van der Waals surface area contributed by atoms with Gasteiger partial charge < -0.3 is 9.47 Å². The first-order valence-corrected chi connectivity index (χ1v) is 6.93. The molecule has 0 N–H and O–H groups in total. The molecule has 1 saturated carbocycles. The summed E-state index contributed by atoms with van der Waals surface area (Å²) in [5, 5.41) is 0.550. The third-order valence-corrected chi connectivity index (χ3v) is 3.98. The Morgan fingerprint density at radius 1 is 1.50 bits per heavy atom. The molecule has 1 aliphatic carbocycles. The molecule has 5 heteroatoms. The van der Waals surface area contributed by atoms with E-state index >= 15 is 0 Å². The van der Waals surface area contributed by atoms with Gasteiger partial charge in [0, 0.05) is 4.47 Å². The highest BCUT2D eigenvalue weighted by Gasteiger charge is 2.42. The number of rotatable bonds is 4. The Labute approximate surface area is 120 Å². The molecular weight excluding hydrogens is 319 g/mol. The second kappa shape index (κ2) is 5.49. The van der Waals surface area contributed by atoms with Gasteiger partial charge in [-0.1, -0.05) is 27.5 Å². The number of esters is 1. The lowest BCUT2D eigenvalue weighted by molar-refractivity contribution is -0.148. The van der Waals surface area contributed by atoms with Crippen LogP contribution in [0, 0.1) is 0 Å². The van der Waals surface area contributed by atoms with Crippen LogP contribution in [0.5, 0.6) is 5.75 Å². The minimum absolute atomic E-state index is 0.249. The van der Waals surface area contributed by atoms with Crippen LogP contribution in [0.25, 0.3) is 0 Å². The van der Waals surface area contributed by atoms with E-state index in [1.54, 1.807) is 6.07 Å². The van der Waals surface area contributed by atoms with Crippen LogP contribution >= 0.6 is 27.5 Å². The van der Waals surface area contributed by atoms with E-state index in [-0.39, 0.29) is 12.4 Å². The molecular formula is C13H14BrClO3. The molecule has 0 radical (unpaired) electrons. The van der Waals surface area contributed by atoms with Gasteiger partial charge in [0.05, 0.1) is 18.6 Å². The van der Waals surface area contributed by atoms with Gasteiger partial charge in [-0.25, -0.2) is 0 Å². The standard InChI is InChI=1S/C13H14BrClO3/c1-17-12(16)8-13(5-2-6-13)18-11-7-9(14)3-4-10(11)15/h3-4,7H,2,5-6,8H2,1H3. The third-order valence-electron chi connectivity index (χ3n) is 3.18. The fourth-order valence-electron chi connectivity index (χ4n) is 2.01. The van der Waals surface area contributed by atoms with Crippen molar-refractivity contribution >= 4 is 33.5 Å². The maximum Gasteiger partial charge on any atom is 0.309 e. The van der Waals surface area contributed by atoms with Crippen LogP contribution in [-0.2, 0) is 9.53 Å². The number of benzene rings is 1. The second-order valence-corrected chi connectivity index (χ2v) is 5.79. The first kappa shape index (κ1) is 13.7. The molecule has 1 aromatic carbocycles. The molecule has 0 saturated heterocycles. The molecule has 0 heterocycles. The van der Waals surface area contributed by atoms with Gasteiger partial charge in [0.2, 0.25) is 0 Å². The predicted octanol–water partition coefficient (Wildman–Crippen LogP) is 3.97. The Morgan fingerprint density at radius 2 is 2.22 bits per heavy atom. The Balaban J connectivity index is 2.15. The normalized spacial score (nSPS) is 16.8. The smallest absolute Gasteiger partial charge is 0.309 e. The zero-order valence-corrected chi connectivity index (χ0v) is 12.4. The Hall–Kier alpha value is -0.740. The van der Waals surface area contributed by atoms with Crippen LogP contribution in [-0.4, -0.2) is 18.7 Å². The van der Waals surface area contributed by atoms with Crippen molar-refractivity contribution in [1.82, 2.24) is 0 Å². The number of carbonyl (C=O) groups is 1. The summed E-state index contributed by atoms with van der Waals surface area (Å²) in [5.74, 6) is 0.357. The predicted molar refractivity (Wildman–Crippen MR) is 73.0 cm³/mol. The average Bonchev–Trinajstić information content (AvgIpc) is 2.30. The van der Waals surface area contributed by atoms with Gasteiger partial charge in [-0.2, -0.15) is 0 Å². The van der Waals surface area contributed by atoms with Crippen LogP contribution in [0.15, 0.2) is 22.7 Å². The molecule has 0 aliphatic heterocycles. The minimum Gasteiger partial charge on any atom is -0.485 e. The molecule has 0 spiro atoms. The quantitative estimate of drug-likeness (QED) is 0.782. The van der Waals surface area contributed by atoms with Crippen LogP contribution in [0.4, 0.5) is 0 Å². The van der Waals surface area contributed by atoms with Crippen LogP contribution < -0.4 is 4.74 Å². The number of halogens is 2. The van der Waals surface area contributed by atoms with Crippen LogP contribution in [0.3, 0.4) is 0 Å². The zero-order chi connectivity index (χ0) is 13.2. The largest absolute Gasteiger partial charge is 0.485 e. The number of carbonyl (C=O) groups excluding carboxylic acids is 1. The van der Waals surface area contributed by atoms with E-state index in [2.05, 4.69) is 15.9 Å². The van der Waals surface area contributed by atoms with Crippen molar-refractivity contribution in [1.29, 1.82) is 0 Å². The molecule has 2 rings (SSSR count). The van der Waals surface area contributed by atoms with E-state index in [9.17, 15) is 4.79 Å². The van der Waals surface area contributed by atoms with Crippen molar-refractivity contribution in [2.75, 3.05) is 7.11 Å². The fourth-order valence-corrected chi connectivity index (χ4v) is 2.51. The summed E-state index contributed by atoms with van der Waals surface area (Å²) in [6.07, 6.45) is 3.03. The molecule has 98 valence electrons. The second-order valence-electron chi connectivity index (χ2n) is 4.47. The van der Waals surface area contributed by atoms with Gasteiger partial charge in [-0.05, 0) is 37.5 Å². The monoisotopic (exact) mass is 332 g/mol. The Bertz CT molecular complexity index is 458. The lowest BCUT2D eigenvalue weighted by atomic mass is 9.77. The van der Waals surface area contributed by atoms with E-state index in [1.165, 1.54) is 7.11 Å². The lowest BCUT2D eigenvalue weighted by Crippen LogP contribution is -2.45. The highest BCUT2D eigenvalue weighted by Crippen LogP contribution is 2.42. The summed E-state index contributed by atoms with van der Waals surface area (Å²) in [7, 11) is 1.39. The molecule has 3 nitrogen and oxygen atoms in total. The summed E-state index contributed by atoms with van der Waals surface area (Å²) in [6.45, 7) is 0. The first-order valence-electron chi connectivity index (χ1n) is 5.75. The third kappa shape index (κ3) is 2.98. The number of methoxy groups -OCH3 is 1. The summed E-state index contributed by atoms with van der Waals surface area (Å²) >= 11 is 9.47. The first-order chi connectivity index (χ1) is 8.54. The molecule has 0 unspecified atom stereocenters. The van der Waals surface area contributed by atoms with Gasteiger partial charge in [-0.15, -0.1) is 0 Å². The van der Waals surface area contributed by atoms with Gasteiger partial charge in [-0.3, -0.25) is 4.79 Å². The molecule has 0 atom stereocenters. The molecule has 1 aliphatic rings. The van der Waals surface area contributed by atoms with E-state index in [0.717, 1.165) is 23.7 Å². The highest BCUT2D eigenvalue weighted by molar-refractivity contribution is 9.10. The molecule has 1 aromatic rings. The van der Waals surface area contributed by atoms with Gasteiger partial charge in [0.1, 0.15) is 11.4 Å². The number of ether oxygens (including phenoxy) is 2. The van der Waals surface area contributed by atoms with Crippen molar-refractivity contribution < 1.29 is 14.3 Å². The summed E-state index contributed by atoms with van der Waals surface area (Å²) in [4.78, 5) is 11.4. The van der Waals surface area contributed by atoms with Crippen molar-refractivity contribution in [2.24, 2.45) is 0 Å². The molecule has 1 fully saturated rings. The topological polar surface area (TPSA) is 35.5 Å². The highest BCUT2D eigenvalue weighted by atomic mass is 79.9. The lowest BCUT2D eigenvalue weighted by Gasteiger charge is -2.41. The summed E-state index contributed by atoms with van der Waals surface area (Å²) in [6, 6.07) is 5.44. The fraction of sp³-hybridized carbons (Fsp3) is 0.462. The van der Waals surface area contributed by atoms with E-state index in [1.807, 2.05) is 12.1 Å². The number of hydrogen-bond donors (Lipinski definition) is 0. The Kier molecular flexibility index (Phi) is 4.17. The van der Waals surface area contributed by atoms with E-state index < -0.39 is 5.60 Å². The van der Waals surface area contributed by atoms with Crippen LogP contribution in [0.2, 0.25) is 5.02 Å². The van der Waals surface area contributed by atoms with Gasteiger partial charge in [0.25, 0.3) is 0 Å². The van der Waals surface area contributed by atoms with Crippen molar-refractivity contribution in [2.45, 2.75) is 31.3 Å². The van der Waals surface area contributed by atoms with Crippen LogP contribution in [0.1, 0.15) is 25.7 Å².